The third kappa shape index (κ3) is 11.4. The van der Waals surface area contributed by atoms with Gasteiger partial charge >= 0.3 is 0 Å². The zero-order valence-corrected chi connectivity index (χ0v) is 16.8. The summed E-state index contributed by atoms with van der Waals surface area (Å²) in [4.78, 5) is 0. The van der Waals surface area contributed by atoms with Crippen LogP contribution in [0.25, 0.3) is 0 Å². The number of hydrogen-bond donors (Lipinski definition) is 1. The molecule has 0 aliphatic rings. The molecule has 0 unspecified atom stereocenters. The number of phenols is 1. The van der Waals surface area contributed by atoms with Gasteiger partial charge in [-0.3, -0.25) is 0 Å². The van der Waals surface area contributed by atoms with Gasteiger partial charge in [-0.15, -0.1) is 0 Å². The molecule has 0 spiro atoms. The van der Waals surface area contributed by atoms with Crippen LogP contribution in [-0.4, -0.2) is 11.7 Å². The fourth-order valence-corrected chi connectivity index (χ4v) is 3.34. The number of aromatic hydroxyl groups is 1. The Hall–Kier alpha value is -0.890. The van der Waals surface area contributed by atoms with Gasteiger partial charge in [-0.05, 0) is 18.6 Å². The molecule has 0 fully saturated rings. The van der Waals surface area contributed by atoms with Crippen LogP contribution in [0.15, 0.2) is 18.2 Å². The van der Waals surface area contributed by atoms with E-state index < -0.39 is 0 Å². The molecule has 0 amide bonds. The number of unbranched alkanes of at least 4 members (excludes halogenated alkanes) is 13. The third-order valence-electron chi connectivity index (χ3n) is 4.69. The van der Waals surface area contributed by atoms with Gasteiger partial charge in [0, 0.05) is 0 Å². The molecular weight excluding hydrogens is 332 g/mol. The van der Waals surface area contributed by atoms with Crippen LogP contribution in [0.3, 0.4) is 0 Å². The van der Waals surface area contributed by atoms with Crippen molar-refractivity contribution in [1.29, 1.82) is 0 Å². The van der Waals surface area contributed by atoms with Crippen LogP contribution in [0.4, 0.5) is 0 Å². The molecule has 144 valence electrons. The van der Waals surface area contributed by atoms with Crippen molar-refractivity contribution in [3.8, 4) is 11.5 Å². The summed E-state index contributed by atoms with van der Waals surface area (Å²) >= 11 is 6.01. The lowest BCUT2D eigenvalue weighted by Crippen LogP contribution is -1.98. The number of para-hydroxylation sites is 1. The van der Waals surface area contributed by atoms with E-state index in [-0.39, 0.29) is 5.75 Å². The van der Waals surface area contributed by atoms with E-state index in [4.69, 9.17) is 16.3 Å². The fraction of sp³-hybridized carbons (Fsp3) is 0.727. The van der Waals surface area contributed by atoms with Crippen molar-refractivity contribution >= 4 is 11.6 Å². The van der Waals surface area contributed by atoms with Crippen molar-refractivity contribution in [3.63, 3.8) is 0 Å². The predicted octanol–water partition coefficient (Wildman–Crippen LogP) is 7.91. The highest BCUT2D eigenvalue weighted by Gasteiger charge is 2.06. The van der Waals surface area contributed by atoms with Gasteiger partial charge in [-0.2, -0.15) is 0 Å². The van der Waals surface area contributed by atoms with Crippen molar-refractivity contribution < 1.29 is 9.84 Å². The maximum Gasteiger partial charge on any atom is 0.179 e. The van der Waals surface area contributed by atoms with Crippen LogP contribution in [-0.2, 0) is 0 Å². The van der Waals surface area contributed by atoms with E-state index in [0.29, 0.717) is 17.4 Å². The molecule has 0 saturated carbocycles. The van der Waals surface area contributed by atoms with E-state index in [1.165, 1.54) is 83.5 Å². The monoisotopic (exact) mass is 368 g/mol. The Morgan fingerprint density at radius 2 is 1.24 bits per heavy atom. The molecular formula is C22H37ClO2. The van der Waals surface area contributed by atoms with E-state index in [9.17, 15) is 5.11 Å². The maximum absolute atomic E-state index is 9.70. The van der Waals surface area contributed by atoms with E-state index >= 15 is 0 Å². The van der Waals surface area contributed by atoms with E-state index in [1.54, 1.807) is 18.2 Å². The normalized spacial score (nSPS) is 11.0. The Balaban J connectivity index is 1.83. The molecule has 0 aliphatic carbocycles. The standard InChI is InChI=1S/C22H37ClO2/c1-2-3-4-5-6-7-8-9-10-11-12-13-14-15-19-25-22-20(23)17-16-18-21(22)24/h16-18,24H,2-15,19H2,1H3. The quantitative estimate of drug-likeness (QED) is 0.300. The van der Waals surface area contributed by atoms with Gasteiger partial charge in [-0.1, -0.05) is 108 Å². The third-order valence-corrected chi connectivity index (χ3v) is 4.99. The first-order valence-electron chi connectivity index (χ1n) is 10.4. The largest absolute Gasteiger partial charge is 0.504 e. The molecule has 1 rings (SSSR count). The molecule has 0 aliphatic heterocycles. The zero-order chi connectivity index (χ0) is 18.2. The molecule has 3 heteroatoms. The van der Waals surface area contributed by atoms with Crippen molar-refractivity contribution in [3.05, 3.63) is 23.2 Å². The predicted molar refractivity (Wildman–Crippen MR) is 109 cm³/mol. The SMILES string of the molecule is CCCCCCCCCCCCCCCCOc1c(O)cccc1Cl. The Bertz CT molecular complexity index is 414. The van der Waals surface area contributed by atoms with Gasteiger partial charge in [0.2, 0.25) is 0 Å². The minimum Gasteiger partial charge on any atom is -0.504 e. The summed E-state index contributed by atoms with van der Waals surface area (Å²) in [6, 6.07) is 5.06. The zero-order valence-electron chi connectivity index (χ0n) is 16.1. The fourth-order valence-electron chi connectivity index (χ4n) is 3.11. The van der Waals surface area contributed by atoms with Crippen LogP contribution < -0.4 is 4.74 Å². The van der Waals surface area contributed by atoms with Crippen molar-refractivity contribution in [1.82, 2.24) is 0 Å². The second-order valence-corrected chi connectivity index (χ2v) is 7.44. The molecule has 0 saturated heterocycles. The minimum absolute atomic E-state index is 0.123. The van der Waals surface area contributed by atoms with Gasteiger partial charge in [-0.25, -0.2) is 0 Å². The number of rotatable bonds is 16. The summed E-state index contributed by atoms with van der Waals surface area (Å²) in [5, 5.41) is 10.2. The van der Waals surface area contributed by atoms with Crippen LogP contribution in [0, 0.1) is 0 Å². The van der Waals surface area contributed by atoms with E-state index in [0.717, 1.165) is 6.42 Å². The molecule has 1 N–H and O–H groups in total. The molecule has 0 aromatic heterocycles. The number of phenolic OH excluding ortho intramolecular Hbond substituents is 1. The van der Waals surface area contributed by atoms with Crippen LogP contribution in [0.5, 0.6) is 11.5 Å². The summed E-state index contributed by atoms with van der Waals surface area (Å²) in [7, 11) is 0. The first-order valence-corrected chi connectivity index (χ1v) is 10.7. The second-order valence-electron chi connectivity index (χ2n) is 7.03. The van der Waals surface area contributed by atoms with Crippen molar-refractivity contribution in [2.45, 2.75) is 96.8 Å². The molecule has 25 heavy (non-hydrogen) atoms. The lowest BCUT2D eigenvalue weighted by Gasteiger charge is -2.09. The van der Waals surface area contributed by atoms with Gasteiger partial charge < -0.3 is 9.84 Å². The lowest BCUT2D eigenvalue weighted by molar-refractivity contribution is 0.289. The molecule has 1 aromatic carbocycles. The Kier molecular flexibility index (Phi) is 13.6. The highest BCUT2D eigenvalue weighted by atomic mass is 35.5. The first-order chi connectivity index (χ1) is 12.3. The van der Waals surface area contributed by atoms with E-state index in [1.807, 2.05) is 0 Å². The summed E-state index contributed by atoms with van der Waals surface area (Å²) in [6.07, 6.45) is 18.8. The summed E-state index contributed by atoms with van der Waals surface area (Å²) in [5.41, 5.74) is 0. The van der Waals surface area contributed by atoms with Crippen molar-refractivity contribution in [2.24, 2.45) is 0 Å². The molecule has 0 atom stereocenters. The van der Waals surface area contributed by atoms with Gasteiger partial charge in [0.05, 0.1) is 11.6 Å². The number of hydrogen-bond acceptors (Lipinski definition) is 2. The average Bonchev–Trinajstić information content (AvgIpc) is 2.60. The van der Waals surface area contributed by atoms with Crippen LogP contribution in [0.1, 0.15) is 96.8 Å². The smallest absolute Gasteiger partial charge is 0.179 e. The molecule has 0 heterocycles. The van der Waals surface area contributed by atoms with E-state index in [2.05, 4.69) is 6.92 Å². The number of ether oxygens (including phenoxy) is 1. The molecule has 0 radical (unpaired) electrons. The highest BCUT2D eigenvalue weighted by Crippen LogP contribution is 2.33. The lowest BCUT2D eigenvalue weighted by atomic mass is 10.0. The molecule has 0 bridgehead atoms. The van der Waals surface area contributed by atoms with Gasteiger partial charge in [0.25, 0.3) is 0 Å². The highest BCUT2D eigenvalue weighted by molar-refractivity contribution is 6.32. The van der Waals surface area contributed by atoms with Gasteiger partial charge in [0.1, 0.15) is 0 Å². The van der Waals surface area contributed by atoms with Crippen LogP contribution in [0.2, 0.25) is 5.02 Å². The Labute approximate surface area is 159 Å². The second kappa shape index (κ2) is 15.4. The van der Waals surface area contributed by atoms with Gasteiger partial charge in [0.15, 0.2) is 11.5 Å². The topological polar surface area (TPSA) is 29.5 Å². The summed E-state index contributed by atoms with van der Waals surface area (Å²) in [6.45, 7) is 2.89. The Morgan fingerprint density at radius 1 is 0.760 bits per heavy atom. The minimum atomic E-state index is 0.123. The summed E-state index contributed by atoms with van der Waals surface area (Å²) < 4.78 is 5.59. The number of benzene rings is 1. The Morgan fingerprint density at radius 3 is 1.72 bits per heavy atom. The number of halogens is 1. The average molecular weight is 369 g/mol. The van der Waals surface area contributed by atoms with Crippen molar-refractivity contribution in [2.75, 3.05) is 6.61 Å². The summed E-state index contributed by atoms with van der Waals surface area (Å²) in [5.74, 6) is 0.539. The van der Waals surface area contributed by atoms with Crippen LogP contribution >= 0.6 is 11.6 Å². The first kappa shape index (κ1) is 22.2. The maximum atomic E-state index is 9.70. The molecule has 2 nitrogen and oxygen atoms in total. The molecule has 1 aromatic rings.